The first kappa shape index (κ1) is 11.6. The van der Waals surface area contributed by atoms with Crippen molar-refractivity contribution in [1.29, 1.82) is 0 Å². The van der Waals surface area contributed by atoms with Gasteiger partial charge in [0.25, 0.3) is 0 Å². The molecule has 1 aromatic rings. The largest absolute Gasteiger partial charge is 0.493 e. The van der Waals surface area contributed by atoms with E-state index in [4.69, 9.17) is 4.74 Å². The predicted octanol–water partition coefficient (Wildman–Crippen LogP) is 1.85. The van der Waals surface area contributed by atoms with Crippen LogP contribution in [0.5, 0.6) is 5.75 Å². The minimum Gasteiger partial charge on any atom is -0.493 e. The van der Waals surface area contributed by atoms with Gasteiger partial charge in [0.2, 0.25) is 5.91 Å². The number of carbonyl (C=O) groups is 1. The van der Waals surface area contributed by atoms with Crippen molar-refractivity contribution in [1.82, 2.24) is 4.90 Å². The summed E-state index contributed by atoms with van der Waals surface area (Å²) in [5, 5.41) is 0. The van der Waals surface area contributed by atoms with E-state index in [0.717, 1.165) is 5.75 Å². The molecule has 0 aromatic heterocycles. The van der Waals surface area contributed by atoms with Gasteiger partial charge in [-0.15, -0.1) is 0 Å². The summed E-state index contributed by atoms with van der Waals surface area (Å²) in [4.78, 5) is 12.8. The monoisotopic (exact) mass is 207 g/mol. The number of nitrogens with zero attached hydrogens (tertiary/aromatic N) is 1. The normalized spacial score (nSPS) is 9.80. The molecular weight excluding hydrogens is 190 g/mol. The fourth-order valence-corrected chi connectivity index (χ4v) is 1.11. The number of rotatable bonds is 4. The van der Waals surface area contributed by atoms with Gasteiger partial charge in [-0.3, -0.25) is 4.79 Å². The molecule has 0 N–H and O–H groups in total. The molecule has 0 heterocycles. The molecule has 1 aromatic carbocycles. The maximum absolute atomic E-state index is 11.2. The minimum absolute atomic E-state index is 0.0853. The summed E-state index contributed by atoms with van der Waals surface area (Å²) in [6, 6.07) is 7.80. The third kappa shape index (κ3) is 4.02. The van der Waals surface area contributed by atoms with Crippen LogP contribution in [-0.2, 0) is 4.79 Å². The van der Waals surface area contributed by atoms with Crippen molar-refractivity contribution in [2.24, 2.45) is 0 Å². The van der Waals surface area contributed by atoms with Crippen molar-refractivity contribution < 1.29 is 9.53 Å². The molecule has 0 saturated carbocycles. The van der Waals surface area contributed by atoms with Crippen molar-refractivity contribution in [3.05, 3.63) is 29.8 Å². The standard InChI is InChI=1S/C12H17NO2/c1-10-4-6-11(7-5-10)15-9-8-12(14)13(2)3/h4-7H,8-9H2,1-3H3. The Kier molecular flexibility index (Phi) is 4.16. The van der Waals surface area contributed by atoms with E-state index in [2.05, 4.69) is 0 Å². The number of hydrogen-bond donors (Lipinski definition) is 0. The van der Waals surface area contributed by atoms with Gasteiger partial charge < -0.3 is 9.64 Å². The van der Waals surface area contributed by atoms with Crippen molar-refractivity contribution in [3.8, 4) is 5.75 Å². The molecule has 0 spiro atoms. The molecule has 0 atom stereocenters. The fourth-order valence-electron chi connectivity index (χ4n) is 1.11. The van der Waals surface area contributed by atoms with E-state index in [1.54, 1.807) is 19.0 Å². The molecule has 0 bridgehead atoms. The molecule has 0 unspecified atom stereocenters. The summed E-state index contributed by atoms with van der Waals surface area (Å²) < 4.78 is 5.43. The number of amides is 1. The van der Waals surface area contributed by atoms with Gasteiger partial charge in [-0.2, -0.15) is 0 Å². The third-order valence-electron chi connectivity index (χ3n) is 2.10. The van der Waals surface area contributed by atoms with Crippen LogP contribution < -0.4 is 4.74 Å². The first-order chi connectivity index (χ1) is 7.09. The molecule has 1 amide bonds. The maximum atomic E-state index is 11.2. The van der Waals surface area contributed by atoms with Crippen LogP contribution >= 0.6 is 0 Å². The maximum Gasteiger partial charge on any atom is 0.225 e. The van der Waals surface area contributed by atoms with Crippen LogP contribution in [0.15, 0.2) is 24.3 Å². The Labute approximate surface area is 90.7 Å². The van der Waals surface area contributed by atoms with Gasteiger partial charge in [0.15, 0.2) is 0 Å². The highest BCUT2D eigenvalue weighted by atomic mass is 16.5. The van der Waals surface area contributed by atoms with E-state index in [9.17, 15) is 4.79 Å². The Morgan fingerprint density at radius 2 is 1.87 bits per heavy atom. The Bertz CT molecular complexity index is 317. The molecule has 3 heteroatoms. The van der Waals surface area contributed by atoms with Crippen molar-refractivity contribution in [3.63, 3.8) is 0 Å². The molecule has 0 aliphatic heterocycles. The highest BCUT2D eigenvalue weighted by Crippen LogP contribution is 2.11. The Hall–Kier alpha value is -1.51. The van der Waals surface area contributed by atoms with Gasteiger partial charge in [0.1, 0.15) is 5.75 Å². The van der Waals surface area contributed by atoms with E-state index < -0.39 is 0 Å². The fraction of sp³-hybridized carbons (Fsp3) is 0.417. The number of benzene rings is 1. The number of carbonyl (C=O) groups excluding carboxylic acids is 1. The zero-order valence-electron chi connectivity index (χ0n) is 9.49. The van der Waals surface area contributed by atoms with Crippen LogP contribution in [0.4, 0.5) is 0 Å². The van der Waals surface area contributed by atoms with Gasteiger partial charge in [-0.25, -0.2) is 0 Å². The zero-order valence-corrected chi connectivity index (χ0v) is 9.49. The number of ether oxygens (including phenoxy) is 1. The van der Waals surface area contributed by atoms with E-state index in [1.807, 2.05) is 31.2 Å². The average molecular weight is 207 g/mol. The second kappa shape index (κ2) is 5.39. The summed E-state index contributed by atoms with van der Waals surface area (Å²) in [7, 11) is 3.49. The molecule has 1 rings (SSSR count). The van der Waals surface area contributed by atoms with Crippen LogP contribution in [0, 0.1) is 6.92 Å². The predicted molar refractivity (Wildman–Crippen MR) is 60.0 cm³/mol. The molecule has 0 aliphatic carbocycles. The average Bonchev–Trinajstić information content (AvgIpc) is 2.20. The van der Waals surface area contributed by atoms with E-state index in [-0.39, 0.29) is 5.91 Å². The van der Waals surface area contributed by atoms with Crippen LogP contribution in [0.25, 0.3) is 0 Å². The van der Waals surface area contributed by atoms with Crippen LogP contribution in [0.2, 0.25) is 0 Å². The Morgan fingerprint density at radius 3 is 2.40 bits per heavy atom. The van der Waals surface area contributed by atoms with E-state index >= 15 is 0 Å². The molecular formula is C12H17NO2. The van der Waals surface area contributed by atoms with E-state index in [1.165, 1.54) is 5.56 Å². The SMILES string of the molecule is Cc1ccc(OCCC(=O)N(C)C)cc1. The molecule has 0 radical (unpaired) electrons. The van der Waals surface area contributed by atoms with Crippen LogP contribution in [0.3, 0.4) is 0 Å². The Balaban J connectivity index is 2.32. The number of hydrogen-bond acceptors (Lipinski definition) is 2. The lowest BCUT2D eigenvalue weighted by atomic mass is 10.2. The van der Waals surface area contributed by atoms with Gasteiger partial charge >= 0.3 is 0 Å². The molecule has 0 saturated heterocycles. The highest BCUT2D eigenvalue weighted by Gasteiger charge is 2.03. The molecule has 0 aliphatic rings. The lowest BCUT2D eigenvalue weighted by molar-refractivity contribution is -0.129. The Morgan fingerprint density at radius 1 is 1.27 bits per heavy atom. The molecule has 15 heavy (non-hydrogen) atoms. The first-order valence-electron chi connectivity index (χ1n) is 4.99. The van der Waals surface area contributed by atoms with Gasteiger partial charge in [-0.1, -0.05) is 17.7 Å². The summed E-state index contributed by atoms with van der Waals surface area (Å²) in [6.45, 7) is 2.46. The van der Waals surface area contributed by atoms with Crippen molar-refractivity contribution in [2.45, 2.75) is 13.3 Å². The lowest BCUT2D eigenvalue weighted by Crippen LogP contribution is -2.23. The van der Waals surface area contributed by atoms with E-state index in [0.29, 0.717) is 13.0 Å². The second-order valence-corrected chi connectivity index (χ2v) is 3.70. The van der Waals surface area contributed by atoms with Gasteiger partial charge in [0, 0.05) is 14.1 Å². The van der Waals surface area contributed by atoms with Crippen LogP contribution in [0.1, 0.15) is 12.0 Å². The molecule has 0 fully saturated rings. The third-order valence-corrected chi connectivity index (χ3v) is 2.10. The van der Waals surface area contributed by atoms with Crippen LogP contribution in [-0.4, -0.2) is 31.5 Å². The minimum atomic E-state index is 0.0853. The summed E-state index contributed by atoms with van der Waals surface area (Å²) >= 11 is 0. The lowest BCUT2D eigenvalue weighted by Gasteiger charge is -2.10. The summed E-state index contributed by atoms with van der Waals surface area (Å²) in [5.74, 6) is 0.897. The summed E-state index contributed by atoms with van der Waals surface area (Å²) in [5.41, 5.74) is 1.20. The second-order valence-electron chi connectivity index (χ2n) is 3.70. The quantitative estimate of drug-likeness (QED) is 0.754. The van der Waals surface area contributed by atoms with Gasteiger partial charge in [-0.05, 0) is 19.1 Å². The smallest absolute Gasteiger partial charge is 0.225 e. The highest BCUT2D eigenvalue weighted by molar-refractivity contribution is 5.75. The van der Waals surface area contributed by atoms with Crippen molar-refractivity contribution >= 4 is 5.91 Å². The number of aryl methyl sites for hydroxylation is 1. The van der Waals surface area contributed by atoms with Crippen molar-refractivity contribution in [2.75, 3.05) is 20.7 Å². The molecule has 82 valence electrons. The molecule has 3 nitrogen and oxygen atoms in total. The summed E-state index contributed by atoms with van der Waals surface area (Å²) in [6.07, 6.45) is 0.418. The van der Waals surface area contributed by atoms with Gasteiger partial charge in [0.05, 0.1) is 13.0 Å². The first-order valence-corrected chi connectivity index (χ1v) is 4.99. The topological polar surface area (TPSA) is 29.5 Å². The zero-order chi connectivity index (χ0) is 11.3.